The summed E-state index contributed by atoms with van der Waals surface area (Å²) in [6.07, 6.45) is 7.37. The van der Waals surface area contributed by atoms with Crippen LogP contribution in [0.3, 0.4) is 0 Å². The van der Waals surface area contributed by atoms with Gasteiger partial charge < -0.3 is 15.4 Å². The first-order valence-electron chi connectivity index (χ1n) is 11.2. The summed E-state index contributed by atoms with van der Waals surface area (Å²) in [6, 6.07) is 10.9. The molecule has 4 rings (SSSR count). The quantitative estimate of drug-likeness (QED) is 0.334. The minimum atomic E-state index is 0. The zero-order valence-electron chi connectivity index (χ0n) is 17.8. The number of halogens is 1. The molecule has 6 heteroatoms. The summed E-state index contributed by atoms with van der Waals surface area (Å²) in [5.41, 5.74) is 1.94. The average molecular weight is 512 g/mol. The highest BCUT2D eigenvalue weighted by atomic mass is 127. The molecule has 0 amide bonds. The average Bonchev–Trinajstić information content (AvgIpc) is 3.33. The normalized spacial score (nSPS) is 23.3. The van der Waals surface area contributed by atoms with Crippen LogP contribution >= 0.6 is 24.0 Å². The Morgan fingerprint density at radius 1 is 1.03 bits per heavy atom. The van der Waals surface area contributed by atoms with Crippen molar-refractivity contribution in [2.75, 3.05) is 45.9 Å². The van der Waals surface area contributed by atoms with Gasteiger partial charge >= 0.3 is 0 Å². The molecular weight excluding hydrogens is 475 g/mol. The number of guanidine groups is 1. The molecule has 0 spiro atoms. The maximum absolute atomic E-state index is 5.68. The second-order valence-electron chi connectivity index (χ2n) is 8.73. The number of ether oxygens (including phenoxy) is 1. The smallest absolute Gasteiger partial charge is 0.191 e. The number of likely N-dealkylation sites (tertiary alicyclic amines) is 1. The third-order valence-electron chi connectivity index (χ3n) is 6.91. The van der Waals surface area contributed by atoms with Crippen molar-refractivity contribution in [3.63, 3.8) is 0 Å². The van der Waals surface area contributed by atoms with Gasteiger partial charge in [-0.05, 0) is 64.1 Å². The molecule has 1 aliphatic carbocycles. The lowest BCUT2D eigenvalue weighted by Gasteiger charge is -2.43. The molecule has 2 aliphatic heterocycles. The second-order valence-corrected chi connectivity index (χ2v) is 8.73. The van der Waals surface area contributed by atoms with E-state index in [1.807, 2.05) is 0 Å². The van der Waals surface area contributed by atoms with Crippen LogP contribution in [0, 0.1) is 0 Å². The van der Waals surface area contributed by atoms with E-state index in [2.05, 4.69) is 52.8 Å². The monoisotopic (exact) mass is 512 g/mol. The molecule has 3 aliphatic rings. The van der Waals surface area contributed by atoms with E-state index in [4.69, 9.17) is 9.73 Å². The number of nitrogens with zero attached hydrogens (tertiary/aromatic N) is 2. The van der Waals surface area contributed by atoms with Crippen molar-refractivity contribution in [1.82, 2.24) is 15.5 Å². The van der Waals surface area contributed by atoms with Crippen LogP contribution in [0.2, 0.25) is 0 Å². The number of rotatable bonds is 7. The summed E-state index contributed by atoms with van der Waals surface area (Å²) in [4.78, 5) is 7.77. The number of benzene rings is 1. The van der Waals surface area contributed by atoms with E-state index in [9.17, 15) is 0 Å². The van der Waals surface area contributed by atoms with Crippen LogP contribution in [-0.2, 0) is 10.2 Å². The maximum Gasteiger partial charge on any atom is 0.191 e. The summed E-state index contributed by atoms with van der Waals surface area (Å²) in [5.74, 6) is 0.967. The lowest BCUT2D eigenvalue weighted by atomic mass is 9.88. The molecular formula is C23H37IN4O. The number of aliphatic imine (C=N–C) groups is 1. The van der Waals surface area contributed by atoms with E-state index in [0.717, 1.165) is 51.6 Å². The third kappa shape index (κ3) is 5.44. The highest BCUT2D eigenvalue weighted by Gasteiger charge is 2.44. The van der Waals surface area contributed by atoms with Gasteiger partial charge in [0.05, 0.1) is 6.54 Å². The van der Waals surface area contributed by atoms with Gasteiger partial charge in [-0.2, -0.15) is 0 Å². The molecule has 2 N–H and O–H groups in total. The first kappa shape index (κ1) is 22.8. The van der Waals surface area contributed by atoms with Crippen molar-refractivity contribution >= 4 is 29.9 Å². The Balaban J connectivity index is 0.00000240. The van der Waals surface area contributed by atoms with E-state index < -0.39 is 0 Å². The fourth-order valence-electron chi connectivity index (χ4n) is 4.85. The van der Waals surface area contributed by atoms with Gasteiger partial charge in [0.15, 0.2) is 5.96 Å². The van der Waals surface area contributed by atoms with Crippen molar-refractivity contribution in [3.8, 4) is 0 Å². The van der Waals surface area contributed by atoms with Gasteiger partial charge in [0, 0.05) is 37.3 Å². The summed E-state index contributed by atoms with van der Waals surface area (Å²) in [5, 5.41) is 7.13. The molecule has 2 saturated heterocycles. The molecule has 3 fully saturated rings. The summed E-state index contributed by atoms with van der Waals surface area (Å²) in [7, 11) is 0. The molecule has 1 aromatic rings. The second kappa shape index (κ2) is 10.4. The van der Waals surface area contributed by atoms with Crippen LogP contribution in [0.25, 0.3) is 0 Å². The molecule has 162 valence electrons. The zero-order valence-corrected chi connectivity index (χ0v) is 20.1. The van der Waals surface area contributed by atoms with Gasteiger partial charge in [0.2, 0.25) is 0 Å². The molecule has 5 nitrogen and oxygen atoms in total. The third-order valence-corrected chi connectivity index (χ3v) is 6.91. The molecule has 2 heterocycles. The number of hydrogen-bond donors (Lipinski definition) is 2. The van der Waals surface area contributed by atoms with Gasteiger partial charge in [-0.1, -0.05) is 30.3 Å². The number of hydrogen-bond acceptors (Lipinski definition) is 3. The first-order chi connectivity index (χ1) is 13.8. The van der Waals surface area contributed by atoms with Crippen molar-refractivity contribution in [2.24, 2.45) is 4.99 Å². The lowest BCUT2D eigenvalue weighted by molar-refractivity contribution is -0.0139. The van der Waals surface area contributed by atoms with E-state index in [-0.39, 0.29) is 29.5 Å². The Labute approximate surface area is 193 Å². The molecule has 0 bridgehead atoms. The minimum absolute atomic E-state index is 0. The molecule has 1 aromatic carbocycles. The Bertz CT molecular complexity index is 650. The first-order valence-corrected chi connectivity index (χ1v) is 11.2. The predicted molar refractivity (Wildman–Crippen MR) is 130 cm³/mol. The van der Waals surface area contributed by atoms with Crippen LogP contribution in [0.1, 0.15) is 51.0 Å². The Kier molecular flexibility index (Phi) is 8.22. The number of nitrogens with one attached hydrogen (secondary N) is 2. The standard InChI is InChI=1S/C23H36N4O.HI/c1-2-24-21(25-18-22(10-11-22)20-8-4-3-5-9-20)26-19-23(12-16-28-17-13-23)27-14-6-7-15-27;/h3-5,8-9H,2,6-7,10-19H2,1H3,(H2,24,25,26);1H. The Morgan fingerprint density at radius 2 is 1.72 bits per heavy atom. The van der Waals surface area contributed by atoms with Gasteiger partial charge in [-0.25, -0.2) is 0 Å². The highest BCUT2D eigenvalue weighted by Crippen LogP contribution is 2.47. The van der Waals surface area contributed by atoms with Crippen molar-refractivity contribution in [2.45, 2.75) is 56.4 Å². The summed E-state index contributed by atoms with van der Waals surface area (Å²) in [6.45, 7) is 9.04. The molecule has 0 atom stereocenters. The van der Waals surface area contributed by atoms with Gasteiger partial charge in [-0.15, -0.1) is 24.0 Å². The SMILES string of the molecule is CCNC(=NCC1(N2CCCC2)CCOCC1)NCC1(c2ccccc2)CC1.I. The molecule has 0 radical (unpaired) electrons. The predicted octanol–water partition coefficient (Wildman–Crippen LogP) is 3.54. The zero-order chi connectivity index (χ0) is 19.3. The summed E-state index contributed by atoms with van der Waals surface area (Å²) >= 11 is 0. The van der Waals surface area contributed by atoms with Crippen LogP contribution in [0.15, 0.2) is 35.3 Å². The molecule has 1 saturated carbocycles. The van der Waals surface area contributed by atoms with E-state index in [0.29, 0.717) is 5.41 Å². The van der Waals surface area contributed by atoms with Crippen LogP contribution in [-0.4, -0.2) is 62.3 Å². The van der Waals surface area contributed by atoms with Crippen LogP contribution < -0.4 is 10.6 Å². The van der Waals surface area contributed by atoms with E-state index >= 15 is 0 Å². The van der Waals surface area contributed by atoms with Crippen LogP contribution in [0.4, 0.5) is 0 Å². The minimum Gasteiger partial charge on any atom is -0.381 e. The molecule has 0 unspecified atom stereocenters. The van der Waals surface area contributed by atoms with Crippen molar-refractivity contribution in [3.05, 3.63) is 35.9 Å². The fraction of sp³-hybridized carbons (Fsp3) is 0.696. The molecule has 0 aromatic heterocycles. The van der Waals surface area contributed by atoms with Crippen LogP contribution in [0.5, 0.6) is 0 Å². The van der Waals surface area contributed by atoms with E-state index in [1.54, 1.807) is 0 Å². The topological polar surface area (TPSA) is 48.9 Å². The fourth-order valence-corrected chi connectivity index (χ4v) is 4.85. The Morgan fingerprint density at radius 3 is 2.34 bits per heavy atom. The van der Waals surface area contributed by atoms with Gasteiger partial charge in [0.1, 0.15) is 0 Å². The van der Waals surface area contributed by atoms with Crippen molar-refractivity contribution in [1.29, 1.82) is 0 Å². The largest absolute Gasteiger partial charge is 0.381 e. The van der Waals surface area contributed by atoms with Gasteiger partial charge in [-0.3, -0.25) is 9.89 Å². The van der Waals surface area contributed by atoms with Gasteiger partial charge in [0.25, 0.3) is 0 Å². The highest BCUT2D eigenvalue weighted by molar-refractivity contribution is 14.0. The van der Waals surface area contributed by atoms with Crippen molar-refractivity contribution < 1.29 is 4.74 Å². The lowest BCUT2D eigenvalue weighted by Crippen LogP contribution is -2.54. The maximum atomic E-state index is 5.68. The van der Waals surface area contributed by atoms with E-state index in [1.165, 1.54) is 44.3 Å². The summed E-state index contributed by atoms with van der Waals surface area (Å²) < 4.78 is 5.68. The Hall–Kier alpha value is -0.860. The molecule has 29 heavy (non-hydrogen) atoms.